The minimum Gasteiger partial charge on any atom is -0.497 e. The van der Waals surface area contributed by atoms with E-state index >= 15 is 0 Å². The maximum Gasteiger partial charge on any atom is 0.337 e. The lowest BCUT2D eigenvalue weighted by molar-refractivity contribution is -0.126. The summed E-state index contributed by atoms with van der Waals surface area (Å²) in [5.74, 6) is -0.428. The molecule has 1 atom stereocenters. The van der Waals surface area contributed by atoms with Gasteiger partial charge < -0.3 is 25.0 Å². The van der Waals surface area contributed by atoms with Crippen LogP contribution in [0.4, 0.5) is 10.5 Å². The molecule has 0 radical (unpaired) electrons. The molecule has 4 aromatic rings. The molecular weight excluding hydrogens is 584 g/mol. The molecule has 228 valence electrons. The van der Waals surface area contributed by atoms with Crippen LogP contribution in [0.1, 0.15) is 15.9 Å². The minimum absolute atomic E-state index is 0.0513. The highest BCUT2D eigenvalue weighted by Crippen LogP contribution is 2.29. The standard InChI is InChI=1S/C32H32N4O7S/c1-42-26-10-5-7-22(19-26)20-33-30(37)28-21-35(32(39)34-25-15-13-24(14-16-25)31(38)43-2)17-18-36(28)44(40,41)29-12-6-9-23-8-3-4-11-27(23)29/h3-16,19,28H,17-18,20-21H2,1-2H3,(H,33,37)(H,34,39). The smallest absolute Gasteiger partial charge is 0.337 e. The molecule has 3 amide bonds. The summed E-state index contributed by atoms with van der Waals surface area (Å²) in [7, 11) is -1.33. The number of methoxy groups -OCH3 is 2. The fourth-order valence-electron chi connectivity index (χ4n) is 5.10. The summed E-state index contributed by atoms with van der Waals surface area (Å²) < 4.78 is 39.4. The number of esters is 1. The third-order valence-corrected chi connectivity index (χ3v) is 9.38. The van der Waals surface area contributed by atoms with Gasteiger partial charge in [-0.05, 0) is 53.4 Å². The number of amides is 3. The lowest BCUT2D eigenvalue weighted by Gasteiger charge is -2.39. The lowest BCUT2D eigenvalue weighted by atomic mass is 10.1. The molecule has 0 spiro atoms. The summed E-state index contributed by atoms with van der Waals surface area (Å²) in [6.45, 7) is -0.0965. The Morgan fingerprint density at radius 1 is 0.886 bits per heavy atom. The van der Waals surface area contributed by atoms with Gasteiger partial charge in [0.25, 0.3) is 0 Å². The van der Waals surface area contributed by atoms with Crippen LogP contribution < -0.4 is 15.4 Å². The molecule has 0 aliphatic carbocycles. The quantitative estimate of drug-likeness (QED) is 0.287. The average Bonchev–Trinajstić information content (AvgIpc) is 3.06. The van der Waals surface area contributed by atoms with Crippen molar-refractivity contribution in [3.8, 4) is 5.75 Å². The van der Waals surface area contributed by atoms with E-state index in [1.807, 2.05) is 24.3 Å². The summed E-state index contributed by atoms with van der Waals surface area (Å²) in [6.07, 6.45) is 0. The van der Waals surface area contributed by atoms with E-state index in [2.05, 4.69) is 10.6 Å². The third-order valence-electron chi connectivity index (χ3n) is 7.42. The number of carbonyl (C=O) groups is 3. The molecule has 1 heterocycles. The van der Waals surface area contributed by atoms with Gasteiger partial charge in [-0.3, -0.25) is 4.79 Å². The number of ether oxygens (including phenoxy) is 2. The molecular formula is C32H32N4O7S. The topological polar surface area (TPSA) is 134 Å². The predicted molar refractivity (Wildman–Crippen MR) is 165 cm³/mol. The van der Waals surface area contributed by atoms with Crippen molar-refractivity contribution in [3.63, 3.8) is 0 Å². The van der Waals surface area contributed by atoms with Gasteiger partial charge in [-0.15, -0.1) is 0 Å². The molecule has 1 unspecified atom stereocenters. The number of rotatable bonds is 8. The molecule has 44 heavy (non-hydrogen) atoms. The van der Waals surface area contributed by atoms with Crippen LogP contribution in [0.15, 0.2) is 95.9 Å². The van der Waals surface area contributed by atoms with Gasteiger partial charge in [-0.25, -0.2) is 18.0 Å². The van der Waals surface area contributed by atoms with Crippen LogP contribution in [0.3, 0.4) is 0 Å². The molecule has 12 heteroatoms. The highest BCUT2D eigenvalue weighted by Gasteiger charge is 2.41. The van der Waals surface area contributed by atoms with Gasteiger partial charge in [0.1, 0.15) is 11.8 Å². The molecule has 1 fully saturated rings. The molecule has 0 bridgehead atoms. The van der Waals surface area contributed by atoms with Crippen molar-refractivity contribution in [1.29, 1.82) is 0 Å². The van der Waals surface area contributed by atoms with Crippen LogP contribution >= 0.6 is 0 Å². The Kier molecular flexibility index (Phi) is 9.12. The number of piperazine rings is 1. The second kappa shape index (κ2) is 13.1. The Hall–Kier alpha value is -4.94. The molecule has 1 aliphatic heterocycles. The number of sulfonamides is 1. The lowest BCUT2D eigenvalue weighted by Crippen LogP contribution is -2.61. The monoisotopic (exact) mass is 616 g/mol. The number of urea groups is 1. The fourth-order valence-corrected chi connectivity index (χ4v) is 6.88. The number of hydrogen-bond acceptors (Lipinski definition) is 7. The summed E-state index contributed by atoms with van der Waals surface area (Å²) in [6, 6.07) is 23.8. The molecule has 11 nitrogen and oxygen atoms in total. The van der Waals surface area contributed by atoms with Crippen molar-refractivity contribution < 1.29 is 32.3 Å². The largest absolute Gasteiger partial charge is 0.497 e. The molecule has 5 rings (SSSR count). The second-order valence-electron chi connectivity index (χ2n) is 10.1. The first-order chi connectivity index (χ1) is 21.2. The third kappa shape index (κ3) is 6.51. The Morgan fingerprint density at radius 2 is 1.61 bits per heavy atom. The Balaban J connectivity index is 1.40. The normalized spacial score (nSPS) is 15.4. The van der Waals surface area contributed by atoms with Crippen molar-refractivity contribution in [1.82, 2.24) is 14.5 Å². The minimum atomic E-state index is -4.15. The number of anilines is 1. The van der Waals surface area contributed by atoms with E-state index < -0.39 is 34.0 Å². The number of nitrogens with one attached hydrogen (secondary N) is 2. The van der Waals surface area contributed by atoms with Gasteiger partial charge in [0.05, 0.1) is 24.7 Å². The van der Waals surface area contributed by atoms with Gasteiger partial charge in [-0.1, -0.05) is 48.5 Å². The number of carbonyl (C=O) groups excluding carboxylic acids is 3. The van der Waals surface area contributed by atoms with Crippen LogP contribution in [-0.4, -0.2) is 75.4 Å². The SMILES string of the molecule is COC(=O)c1ccc(NC(=O)N2CCN(S(=O)(=O)c3cccc4ccccc34)C(C(=O)NCc3cccc(OC)c3)C2)cc1. The van der Waals surface area contributed by atoms with E-state index in [9.17, 15) is 22.8 Å². The molecule has 4 aromatic carbocycles. The zero-order chi connectivity index (χ0) is 31.3. The van der Waals surface area contributed by atoms with Gasteiger partial charge in [0.2, 0.25) is 15.9 Å². The maximum absolute atomic E-state index is 14.1. The number of nitrogens with zero attached hydrogens (tertiary/aromatic N) is 2. The Bertz CT molecular complexity index is 1790. The maximum atomic E-state index is 14.1. The fraction of sp³-hybridized carbons (Fsp3) is 0.219. The number of hydrogen-bond donors (Lipinski definition) is 2. The Morgan fingerprint density at radius 3 is 2.36 bits per heavy atom. The summed E-state index contributed by atoms with van der Waals surface area (Å²) >= 11 is 0. The molecule has 0 aromatic heterocycles. The van der Waals surface area contributed by atoms with Crippen molar-refractivity contribution in [2.45, 2.75) is 17.5 Å². The van der Waals surface area contributed by atoms with Crippen LogP contribution in [-0.2, 0) is 26.1 Å². The van der Waals surface area contributed by atoms with Crippen molar-refractivity contribution in [3.05, 3.63) is 102 Å². The second-order valence-corrected chi connectivity index (χ2v) is 12.0. The van der Waals surface area contributed by atoms with Gasteiger partial charge in [0.15, 0.2) is 0 Å². The van der Waals surface area contributed by atoms with E-state index in [0.717, 1.165) is 10.9 Å². The summed E-state index contributed by atoms with van der Waals surface area (Å²) in [5.41, 5.74) is 1.51. The molecule has 0 saturated carbocycles. The van der Waals surface area contributed by atoms with E-state index in [4.69, 9.17) is 9.47 Å². The van der Waals surface area contributed by atoms with Crippen molar-refractivity contribution in [2.75, 3.05) is 39.2 Å². The molecule has 2 N–H and O–H groups in total. The highest BCUT2D eigenvalue weighted by atomic mass is 32.2. The van der Waals surface area contributed by atoms with Crippen molar-refractivity contribution >= 4 is 44.4 Å². The van der Waals surface area contributed by atoms with Crippen LogP contribution in [0.2, 0.25) is 0 Å². The average molecular weight is 617 g/mol. The highest BCUT2D eigenvalue weighted by molar-refractivity contribution is 7.89. The zero-order valence-electron chi connectivity index (χ0n) is 24.2. The van der Waals surface area contributed by atoms with Crippen molar-refractivity contribution in [2.24, 2.45) is 0 Å². The summed E-state index contributed by atoms with van der Waals surface area (Å²) in [5, 5.41) is 6.89. The van der Waals surface area contributed by atoms with E-state index in [-0.39, 0.29) is 31.1 Å². The Labute approximate surface area is 255 Å². The number of fused-ring (bicyclic) bond motifs is 1. The molecule has 1 saturated heterocycles. The van der Waals surface area contributed by atoms with Crippen LogP contribution in [0.25, 0.3) is 10.8 Å². The van der Waals surface area contributed by atoms with Gasteiger partial charge in [0, 0.05) is 37.3 Å². The van der Waals surface area contributed by atoms with E-state index in [0.29, 0.717) is 22.4 Å². The predicted octanol–water partition coefficient (Wildman–Crippen LogP) is 3.86. The van der Waals surface area contributed by atoms with Crippen LogP contribution in [0, 0.1) is 0 Å². The van der Waals surface area contributed by atoms with E-state index in [1.165, 1.54) is 34.5 Å². The van der Waals surface area contributed by atoms with Crippen LogP contribution in [0.5, 0.6) is 5.75 Å². The first kappa shape index (κ1) is 30.5. The zero-order valence-corrected chi connectivity index (χ0v) is 25.0. The molecule has 1 aliphatic rings. The van der Waals surface area contributed by atoms with Gasteiger partial charge in [-0.2, -0.15) is 4.31 Å². The first-order valence-corrected chi connectivity index (χ1v) is 15.3. The number of benzene rings is 4. The van der Waals surface area contributed by atoms with Gasteiger partial charge >= 0.3 is 12.0 Å². The van der Waals surface area contributed by atoms with E-state index in [1.54, 1.807) is 55.6 Å². The first-order valence-electron chi connectivity index (χ1n) is 13.9. The summed E-state index contributed by atoms with van der Waals surface area (Å²) in [4.78, 5) is 40.2.